The lowest BCUT2D eigenvalue weighted by Gasteiger charge is -2.09. The van der Waals surface area contributed by atoms with E-state index < -0.39 is 10.0 Å². The van der Waals surface area contributed by atoms with E-state index in [-0.39, 0.29) is 10.6 Å². The molecule has 0 fully saturated rings. The highest BCUT2D eigenvalue weighted by molar-refractivity contribution is 7.89. The molecule has 1 N–H and O–H groups in total. The van der Waals surface area contributed by atoms with Crippen LogP contribution in [-0.2, 0) is 10.0 Å². The van der Waals surface area contributed by atoms with Gasteiger partial charge in [-0.25, -0.2) is 18.1 Å². The van der Waals surface area contributed by atoms with Gasteiger partial charge in [0.1, 0.15) is 16.7 Å². The number of hydrogen-bond donors (Lipinski definition) is 1. The van der Waals surface area contributed by atoms with Crippen molar-refractivity contribution < 1.29 is 8.42 Å². The summed E-state index contributed by atoms with van der Waals surface area (Å²) in [7, 11) is 0.436. The van der Waals surface area contributed by atoms with Crippen LogP contribution in [0.4, 0.5) is 0 Å². The number of nitrogens with one attached hydrogen (secondary N) is 1. The van der Waals surface area contributed by atoms with Crippen LogP contribution in [0.3, 0.4) is 0 Å². The van der Waals surface area contributed by atoms with Crippen molar-refractivity contribution in [2.24, 2.45) is 0 Å². The second kappa shape index (κ2) is 7.19. The molecule has 104 valence electrons. The van der Waals surface area contributed by atoms with Gasteiger partial charge in [0.05, 0.1) is 0 Å². The van der Waals surface area contributed by atoms with E-state index in [0.29, 0.717) is 6.54 Å². The summed E-state index contributed by atoms with van der Waals surface area (Å²) in [6.45, 7) is 1.33. The molecule has 0 aromatic carbocycles. The van der Waals surface area contributed by atoms with E-state index >= 15 is 0 Å². The zero-order chi connectivity index (χ0) is 14.3. The number of nitrogens with zero attached hydrogens (tertiary/aromatic N) is 3. The maximum Gasteiger partial charge on any atom is 0.242 e. The maximum absolute atomic E-state index is 11.9. The number of nitriles is 1. The molecule has 0 aliphatic heterocycles. The Morgan fingerprint density at radius 3 is 2.63 bits per heavy atom. The average Bonchev–Trinajstić information content (AvgIpc) is 2.38. The van der Waals surface area contributed by atoms with Crippen LogP contribution >= 0.6 is 0 Å². The lowest BCUT2D eigenvalue weighted by molar-refractivity contribution is 0.394. The second-order valence-corrected chi connectivity index (χ2v) is 6.17. The molecule has 0 aliphatic rings. The fourth-order valence-corrected chi connectivity index (χ4v) is 2.47. The lowest BCUT2D eigenvalue weighted by Crippen LogP contribution is -2.25. The summed E-state index contributed by atoms with van der Waals surface area (Å²) in [5.41, 5.74) is 0.199. The molecular weight excluding hydrogens is 264 g/mol. The molecule has 0 radical (unpaired) electrons. The van der Waals surface area contributed by atoms with Gasteiger partial charge in [-0.15, -0.1) is 0 Å². The normalized spacial score (nSPS) is 11.5. The van der Waals surface area contributed by atoms with Crippen molar-refractivity contribution >= 4 is 10.0 Å². The van der Waals surface area contributed by atoms with Gasteiger partial charge in [-0.3, -0.25) is 0 Å². The van der Waals surface area contributed by atoms with Gasteiger partial charge in [0, 0.05) is 12.7 Å². The molecule has 1 aromatic rings. The minimum Gasteiger partial charge on any atom is -0.309 e. The molecule has 0 atom stereocenters. The van der Waals surface area contributed by atoms with Crippen molar-refractivity contribution in [1.82, 2.24) is 14.6 Å². The van der Waals surface area contributed by atoms with Gasteiger partial charge in [-0.05, 0) is 45.6 Å². The van der Waals surface area contributed by atoms with E-state index in [1.807, 2.05) is 20.2 Å². The Hall–Kier alpha value is -1.49. The van der Waals surface area contributed by atoms with Crippen LogP contribution in [0.5, 0.6) is 0 Å². The van der Waals surface area contributed by atoms with Gasteiger partial charge < -0.3 is 4.90 Å². The van der Waals surface area contributed by atoms with Crippen LogP contribution in [0, 0.1) is 11.3 Å². The van der Waals surface area contributed by atoms with Crippen molar-refractivity contribution in [1.29, 1.82) is 5.26 Å². The molecule has 0 amide bonds. The number of aromatic nitrogens is 1. The molecule has 0 saturated carbocycles. The largest absolute Gasteiger partial charge is 0.309 e. The van der Waals surface area contributed by atoms with Crippen molar-refractivity contribution in [3.63, 3.8) is 0 Å². The van der Waals surface area contributed by atoms with Crippen molar-refractivity contribution in [3.05, 3.63) is 24.0 Å². The first-order valence-electron chi connectivity index (χ1n) is 5.96. The fourth-order valence-electron chi connectivity index (χ4n) is 1.45. The third kappa shape index (κ3) is 5.34. The van der Waals surface area contributed by atoms with Crippen molar-refractivity contribution in [2.75, 3.05) is 27.2 Å². The minimum atomic E-state index is -3.52. The Morgan fingerprint density at radius 1 is 1.37 bits per heavy atom. The van der Waals surface area contributed by atoms with Gasteiger partial charge in [0.15, 0.2) is 0 Å². The smallest absolute Gasteiger partial charge is 0.242 e. The Labute approximate surface area is 114 Å². The molecule has 0 saturated heterocycles. The van der Waals surface area contributed by atoms with Crippen LogP contribution in [0.15, 0.2) is 23.2 Å². The average molecular weight is 282 g/mol. The monoisotopic (exact) mass is 282 g/mol. The zero-order valence-corrected chi connectivity index (χ0v) is 11.9. The van der Waals surface area contributed by atoms with E-state index in [1.54, 1.807) is 0 Å². The molecule has 1 rings (SSSR count). The Morgan fingerprint density at radius 2 is 2.11 bits per heavy atom. The Bertz CT molecular complexity index is 532. The molecule has 7 heteroatoms. The standard InChI is InChI=1S/C12H18N4O2S/c1-16(2)8-4-3-7-15-19(17,18)12-6-5-11(9-13)14-10-12/h5-6,10,15H,3-4,7-8H2,1-2H3. The van der Waals surface area contributed by atoms with E-state index in [2.05, 4.69) is 14.6 Å². The summed E-state index contributed by atoms with van der Waals surface area (Å²) in [6, 6.07) is 4.62. The molecule has 0 bridgehead atoms. The third-order valence-electron chi connectivity index (χ3n) is 2.49. The van der Waals surface area contributed by atoms with E-state index in [4.69, 9.17) is 5.26 Å². The number of unbranched alkanes of at least 4 members (excludes halogenated alkanes) is 1. The van der Waals surface area contributed by atoms with E-state index in [9.17, 15) is 8.42 Å². The maximum atomic E-state index is 11.9. The first-order valence-corrected chi connectivity index (χ1v) is 7.44. The third-order valence-corrected chi connectivity index (χ3v) is 3.93. The molecule has 0 unspecified atom stereocenters. The number of pyridine rings is 1. The van der Waals surface area contributed by atoms with E-state index in [0.717, 1.165) is 19.4 Å². The molecule has 0 spiro atoms. The molecule has 0 aliphatic carbocycles. The summed E-state index contributed by atoms with van der Waals surface area (Å²) in [6.07, 6.45) is 2.91. The topological polar surface area (TPSA) is 86.1 Å². The van der Waals surface area contributed by atoms with Crippen LogP contribution in [0.25, 0.3) is 0 Å². The predicted molar refractivity (Wildman–Crippen MR) is 71.9 cm³/mol. The quantitative estimate of drug-likeness (QED) is 0.739. The Balaban J connectivity index is 2.49. The first-order chi connectivity index (χ1) is 8.95. The molecular formula is C12H18N4O2S. The van der Waals surface area contributed by atoms with Crippen LogP contribution in [0.2, 0.25) is 0 Å². The van der Waals surface area contributed by atoms with Crippen LogP contribution in [0.1, 0.15) is 18.5 Å². The fraction of sp³-hybridized carbons (Fsp3) is 0.500. The van der Waals surface area contributed by atoms with Crippen LogP contribution < -0.4 is 4.72 Å². The summed E-state index contributed by atoms with van der Waals surface area (Å²) in [4.78, 5) is 5.88. The molecule has 1 heterocycles. The summed E-state index contributed by atoms with van der Waals surface area (Å²) in [5, 5.41) is 8.60. The number of rotatable bonds is 7. The van der Waals surface area contributed by atoms with Crippen molar-refractivity contribution in [2.45, 2.75) is 17.7 Å². The van der Waals surface area contributed by atoms with Gasteiger partial charge >= 0.3 is 0 Å². The van der Waals surface area contributed by atoms with Gasteiger partial charge in [-0.1, -0.05) is 0 Å². The number of sulfonamides is 1. The highest BCUT2D eigenvalue weighted by Crippen LogP contribution is 2.07. The minimum absolute atomic E-state index is 0.0825. The second-order valence-electron chi connectivity index (χ2n) is 4.40. The van der Waals surface area contributed by atoms with Crippen molar-refractivity contribution in [3.8, 4) is 6.07 Å². The van der Waals surface area contributed by atoms with E-state index in [1.165, 1.54) is 18.3 Å². The number of hydrogen-bond acceptors (Lipinski definition) is 5. The molecule has 1 aromatic heterocycles. The van der Waals surface area contributed by atoms with Crippen LogP contribution in [-0.4, -0.2) is 45.5 Å². The van der Waals surface area contributed by atoms with Gasteiger partial charge in [-0.2, -0.15) is 5.26 Å². The molecule has 6 nitrogen and oxygen atoms in total. The lowest BCUT2D eigenvalue weighted by atomic mass is 10.3. The molecule has 19 heavy (non-hydrogen) atoms. The van der Waals surface area contributed by atoms with Gasteiger partial charge in [0.2, 0.25) is 10.0 Å². The summed E-state index contributed by atoms with van der Waals surface area (Å²) >= 11 is 0. The Kier molecular flexibility index (Phi) is 5.89. The zero-order valence-electron chi connectivity index (χ0n) is 11.1. The predicted octanol–water partition coefficient (Wildman–Crippen LogP) is 0.573. The summed E-state index contributed by atoms with van der Waals surface area (Å²) in [5.74, 6) is 0. The summed E-state index contributed by atoms with van der Waals surface area (Å²) < 4.78 is 26.3. The first kappa shape index (κ1) is 15.6. The highest BCUT2D eigenvalue weighted by atomic mass is 32.2. The highest BCUT2D eigenvalue weighted by Gasteiger charge is 2.13. The van der Waals surface area contributed by atoms with Gasteiger partial charge in [0.25, 0.3) is 0 Å². The SMILES string of the molecule is CN(C)CCCCNS(=O)(=O)c1ccc(C#N)nc1.